The molecule has 1 aliphatic carbocycles. The van der Waals surface area contributed by atoms with Gasteiger partial charge in [0.2, 0.25) is 0 Å². The number of anilines is 1. The lowest BCUT2D eigenvalue weighted by molar-refractivity contribution is -0.00177. The van der Waals surface area contributed by atoms with Crippen LogP contribution in [0.2, 0.25) is 5.15 Å². The molecule has 2 unspecified atom stereocenters. The van der Waals surface area contributed by atoms with Gasteiger partial charge in [0.1, 0.15) is 11.3 Å². The van der Waals surface area contributed by atoms with Gasteiger partial charge in [0, 0.05) is 12.2 Å². The fourth-order valence-electron chi connectivity index (χ4n) is 2.77. The highest BCUT2D eigenvalue weighted by molar-refractivity contribution is 6.29. The van der Waals surface area contributed by atoms with Gasteiger partial charge in [0.15, 0.2) is 0 Å². The van der Waals surface area contributed by atoms with E-state index in [0.717, 1.165) is 19.3 Å². The molecule has 3 atom stereocenters. The van der Waals surface area contributed by atoms with Crippen LogP contribution in [0.5, 0.6) is 0 Å². The van der Waals surface area contributed by atoms with Gasteiger partial charge in [-0.1, -0.05) is 11.6 Å². The van der Waals surface area contributed by atoms with Gasteiger partial charge >= 0.3 is 0 Å². The molecule has 6 nitrogen and oxygen atoms in total. The van der Waals surface area contributed by atoms with Crippen molar-refractivity contribution in [3.05, 3.63) is 23.0 Å². The summed E-state index contributed by atoms with van der Waals surface area (Å²) in [5, 5.41) is 25.3. The van der Waals surface area contributed by atoms with Crippen molar-refractivity contribution in [1.82, 2.24) is 10.3 Å². The number of carbonyl (C=O) groups excluding carboxylic acids is 1. The summed E-state index contributed by atoms with van der Waals surface area (Å²) in [5.41, 5.74) is -0.798. The van der Waals surface area contributed by atoms with Crippen molar-refractivity contribution in [3.8, 4) is 0 Å². The molecular weight excluding hydrogens is 349 g/mol. The fraction of sp³-hybridized carbons (Fsp3) is 0.647. The first-order valence-electron chi connectivity index (χ1n) is 8.41. The molecule has 8 heteroatoms. The topological polar surface area (TPSA) is 94.5 Å². The van der Waals surface area contributed by atoms with E-state index in [1.807, 2.05) is 0 Å². The fourth-order valence-corrected chi connectivity index (χ4v) is 2.93. The van der Waals surface area contributed by atoms with Crippen LogP contribution in [0.1, 0.15) is 49.9 Å². The van der Waals surface area contributed by atoms with Crippen molar-refractivity contribution in [3.63, 3.8) is 0 Å². The zero-order chi connectivity index (χ0) is 18.6. The normalized spacial score (nSPS) is 22.3. The van der Waals surface area contributed by atoms with Gasteiger partial charge in [-0.05, 0) is 45.6 Å². The number of aliphatic hydroxyl groups is 2. The molecule has 2 rings (SSSR count). The zero-order valence-corrected chi connectivity index (χ0v) is 15.2. The van der Waals surface area contributed by atoms with E-state index in [-0.39, 0.29) is 29.4 Å². The molecule has 1 fully saturated rings. The summed E-state index contributed by atoms with van der Waals surface area (Å²) in [5.74, 6) is -0.505. The van der Waals surface area contributed by atoms with Gasteiger partial charge in [-0.2, -0.15) is 0 Å². The number of amides is 1. The molecule has 140 valence electrons. The third-order valence-corrected chi connectivity index (χ3v) is 4.54. The first kappa shape index (κ1) is 19.9. The Morgan fingerprint density at radius 3 is 2.88 bits per heavy atom. The Balaban J connectivity index is 2.08. The summed E-state index contributed by atoms with van der Waals surface area (Å²) in [6, 6.07) is 1.57. The molecule has 1 aromatic rings. The van der Waals surface area contributed by atoms with Gasteiger partial charge in [0.05, 0.1) is 29.5 Å². The number of aromatic nitrogens is 1. The summed E-state index contributed by atoms with van der Waals surface area (Å²) >= 11 is 5.93. The molecular formula is C17H25ClFN3O3. The second kappa shape index (κ2) is 8.29. The number of nitrogens with one attached hydrogen (secondary N) is 2. The maximum absolute atomic E-state index is 13.8. The highest BCUT2D eigenvalue weighted by Crippen LogP contribution is 2.25. The Kier molecular flexibility index (Phi) is 6.59. The lowest BCUT2D eigenvalue weighted by atomic mass is 9.92. The third-order valence-electron chi connectivity index (χ3n) is 4.33. The van der Waals surface area contributed by atoms with Crippen molar-refractivity contribution in [1.29, 1.82) is 0 Å². The third kappa shape index (κ3) is 5.80. The van der Waals surface area contributed by atoms with E-state index < -0.39 is 17.7 Å². The number of halogens is 2. The summed E-state index contributed by atoms with van der Waals surface area (Å²) in [4.78, 5) is 16.3. The zero-order valence-electron chi connectivity index (χ0n) is 14.4. The van der Waals surface area contributed by atoms with E-state index >= 15 is 0 Å². The average molecular weight is 374 g/mol. The number of aliphatic hydroxyl groups excluding tert-OH is 1. The Labute approximate surface area is 151 Å². The van der Waals surface area contributed by atoms with Gasteiger partial charge in [0.25, 0.3) is 5.91 Å². The molecule has 0 saturated heterocycles. The van der Waals surface area contributed by atoms with Crippen LogP contribution < -0.4 is 10.6 Å². The molecule has 0 bridgehead atoms. The Morgan fingerprint density at radius 2 is 2.24 bits per heavy atom. The number of hydrogen-bond acceptors (Lipinski definition) is 5. The van der Waals surface area contributed by atoms with E-state index in [0.29, 0.717) is 12.1 Å². The van der Waals surface area contributed by atoms with Gasteiger partial charge < -0.3 is 20.8 Å². The molecule has 0 spiro atoms. The summed E-state index contributed by atoms with van der Waals surface area (Å²) in [6.07, 6.45) is 2.51. The van der Waals surface area contributed by atoms with E-state index in [1.165, 1.54) is 20.0 Å². The van der Waals surface area contributed by atoms with Crippen molar-refractivity contribution in [2.45, 2.75) is 63.4 Å². The number of pyridine rings is 1. The second-order valence-electron chi connectivity index (χ2n) is 7.05. The number of nitrogens with zero attached hydrogens (tertiary/aromatic N) is 1. The monoisotopic (exact) mass is 373 g/mol. The summed E-state index contributed by atoms with van der Waals surface area (Å²) in [6.45, 7) is 2.37. The SMILES string of the molecule is CC(C)(O)C(F)CNC(=O)c1cnc(Cl)cc1N[C@H]1CCCC(O)C1. The van der Waals surface area contributed by atoms with E-state index in [9.17, 15) is 19.4 Å². The maximum atomic E-state index is 13.8. The Bertz CT molecular complexity index is 609. The van der Waals surface area contributed by atoms with Crippen LogP contribution in [-0.4, -0.2) is 51.6 Å². The Hall–Kier alpha value is -1.44. The quantitative estimate of drug-likeness (QED) is 0.574. The van der Waals surface area contributed by atoms with Crippen molar-refractivity contribution in [2.24, 2.45) is 0 Å². The van der Waals surface area contributed by atoms with Crippen molar-refractivity contribution < 1.29 is 19.4 Å². The molecule has 1 aromatic heterocycles. The standard InChI is InChI=1S/C17H25ClFN3O3/c1-17(2,25)14(19)9-21-16(24)12-8-20-15(18)7-13(12)22-10-4-3-5-11(23)6-10/h7-8,10-11,14,23,25H,3-6,9H2,1-2H3,(H,20,22)(H,21,24)/t10-,11?,14?/m0/s1. The highest BCUT2D eigenvalue weighted by Gasteiger charge is 2.27. The number of alkyl halides is 1. The first-order chi connectivity index (χ1) is 11.7. The van der Waals surface area contributed by atoms with Crippen LogP contribution in [-0.2, 0) is 0 Å². The predicted octanol–water partition coefficient (Wildman–Crippen LogP) is 2.29. The molecule has 25 heavy (non-hydrogen) atoms. The van der Waals surface area contributed by atoms with Gasteiger partial charge in [-0.25, -0.2) is 9.37 Å². The molecule has 0 aliphatic heterocycles. The van der Waals surface area contributed by atoms with E-state index in [4.69, 9.17) is 11.6 Å². The minimum absolute atomic E-state index is 0.0269. The maximum Gasteiger partial charge on any atom is 0.255 e. The van der Waals surface area contributed by atoms with E-state index in [1.54, 1.807) is 6.07 Å². The van der Waals surface area contributed by atoms with Crippen LogP contribution in [0.25, 0.3) is 0 Å². The molecule has 1 amide bonds. The van der Waals surface area contributed by atoms with Gasteiger partial charge in [-0.15, -0.1) is 0 Å². The lowest BCUT2D eigenvalue weighted by Gasteiger charge is -2.28. The smallest absolute Gasteiger partial charge is 0.255 e. The van der Waals surface area contributed by atoms with Crippen molar-refractivity contribution in [2.75, 3.05) is 11.9 Å². The van der Waals surface area contributed by atoms with Crippen LogP contribution >= 0.6 is 11.6 Å². The molecule has 1 saturated carbocycles. The molecule has 4 N–H and O–H groups in total. The average Bonchev–Trinajstić information content (AvgIpc) is 2.51. The highest BCUT2D eigenvalue weighted by atomic mass is 35.5. The molecule has 1 aliphatic rings. The molecule has 1 heterocycles. The van der Waals surface area contributed by atoms with Crippen LogP contribution in [0.4, 0.5) is 10.1 Å². The Morgan fingerprint density at radius 1 is 1.52 bits per heavy atom. The number of hydrogen-bond donors (Lipinski definition) is 4. The summed E-state index contributed by atoms with van der Waals surface area (Å²) < 4.78 is 13.8. The summed E-state index contributed by atoms with van der Waals surface area (Å²) in [7, 11) is 0. The molecule has 0 aromatic carbocycles. The first-order valence-corrected chi connectivity index (χ1v) is 8.79. The van der Waals surface area contributed by atoms with E-state index in [2.05, 4.69) is 15.6 Å². The number of rotatable bonds is 6. The predicted molar refractivity (Wildman–Crippen MR) is 94.7 cm³/mol. The van der Waals surface area contributed by atoms with Crippen LogP contribution in [0.15, 0.2) is 12.3 Å². The molecule has 0 radical (unpaired) electrons. The van der Waals surface area contributed by atoms with Crippen LogP contribution in [0.3, 0.4) is 0 Å². The minimum atomic E-state index is -1.60. The van der Waals surface area contributed by atoms with Crippen molar-refractivity contribution >= 4 is 23.2 Å². The van der Waals surface area contributed by atoms with Gasteiger partial charge in [-0.3, -0.25) is 4.79 Å². The minimum Gasteiger partial charge on any atom is -0.393 e. The van der Waals surface area contributed by atoms with Crippen LogP contribution in [0, 0.1) is 0 Å². The lowest BCUT2D eigenvalue weighted by Crippen LogP contribution is -2.42. The number of carbonyl (C=O) groups is 1. The largest absolute Gasteiger partial charge is 0.393 e. The second-order valence-corrected chi connectivity index (χ2v) is 7.43.